The molecule has 132 valence electrons. The highest BCUT2D eigenvalue weighted by atomic mass is 15.0. The number of aryl methyl sites for hydroxylation is 2. The van der Waals surface area contributed by atoms with E-state index in [1.54, 1.807) is 0 Å². The number of imidazole rings is 1. The molecule has 0 aliphatic carbocycles. The fraction of sp³-hybridized carbons (Fsp3) is 0.304. The second kappa shape index (κ2) is 5.94. The highest BCUT2D eigenvalue weighted by Crippen LogP contribution is 2.29. The van der Waals surface area contributed by atoms with Crippen molar-refractivity contribution in [3.05, 3.63) is 66.0 Å². The second-order valence-corrected chi connectivity index (χ2v) is 8.47. The summed E-state index contributed by atoms with van der Waals surface area (Å²) in [6, 6.07) is 15.2. The Balaban J connectivity index is 1.92. The first-order chi connectivity index (χ1) is 12.3. The molecule has 3 heterocycles. The molecule has 0 amide bonds. The Morgan fingerprint density at radius 2 is 1.88 bits per heavy atom. The molecule has 0 atom stereocenters. The molecule has 0 fully saturated rings. The zero-order valence-electron chi connectivity index (χ0n) is 16.2. The fourth-order valence-corrected chi connectivity index (χ4v) is 3.70. The zero-order valence-corrected chi connectivity index (χ0v) is 16.2. The van der Waals surface area contributed by atoms with Gasteiger partial charge in [0.2, 0.25) is 5.69 Å². The Morgan fingerprint density at radius 1 is 1.08 bits per heavy atom. The molecule has 0 unspecified atom stereocenters. The highest BCUT2D eigenvalue weighted by Gasteiger charge is 2.18. The van der Waals surface area contributed by atoms with Crippen molar-refractivity contribution in [2.24, 2.45) is 12.5 Å². The van der Waals surface area contributed by atoms with Crippen molar-refractivity contribution >= 4 is 16.7 Å². The Bertz CT molecular complexity index is 1110. The number of pyridine rings is 2. The van der Waals surface area contributed by atoms with Crippen molar-refractivity contribution in [2.75, 3.05) is 0 Å². The van der Waals surface area contributed by atoms with Crippen LogP contribution in [0.3, 0.4) is 0 Å². The van der Waals surface area contributed by atoms with Gasteiger partial charge in [-0.15, -0.1) is 0 Å². The number of aromatic nitrogens is 3. The molecular formula is C23H26N3+. The van der Waals surface area contributed by atoms with Crippen LogP contribution in [0.1, 0.15) is 31.9 Å². The number of hydrogen-bond acceptors (Lipinski definition) is 1. The molecule has 0 N–H and O–H groups in total. The summed E-state index contributed by atoms with van der Waals surface area (Å²) in [6.45, 7) is 9.04. The molecule has 3 heteroatoms. The third kappa shape index (κ3) is 2.98. The largest absolute Gasteiger partial charge is 0.300 e. The Labute approximate surface area is 154 Å². The summed E-state index contributed by atoms with van der Waals surface area (Å²) < 4.78 is 4.38. The van der Waals surface area contributed by atoms with Crippen molar-refractivity contribution in [1.82, 2.24) is 9.38 Å². The van der Waals surface area contributed by atoms with Crippen LogP contribution in [0.5, 0.6) is 0 Å². The smallest absolute Gasteiger partial charge is 0.212 e. The van der Waals surface area contributed by atoms with Crippen molar-refractivity contribution in [1.29, 1.82) is 0 Å². The van der Waals surface area contributed by atoms with E-state index in [1.807, 2.05) is 6.07 Å². The van der Waals surface area contributed by atoms with Crippen LogP contribution >= 0.6 is 0 Å². The van der Waals surface area contributed by atoms with Crippen molar-refractivity contribution in [2.45, 2.75) is 34.1 Å². The van der Waals surface area contributed by atoms with Gasteiger partial charge in [-0.2, -0.15) is 0 Å². The first-order valence-corrected chi connectivity index (χ1v) is 9.18. The quantitative estimate of drug-likeness (QED) is 0.475. The maximum Gasteiger partial charge on any atom is 0.212 e. The van der Waals surface area contributed by atoms with Crippen LogP contribution in [0, 0.1) is 12.3 Å². The summed E-state index contributed by atoms with van der Waals surface area (Å²) in [5, 5.41) is 0. The molecular weight excluding hydrogens is 318 g/mol. The minimum Gasteiger partial charge on any atom is -0.300 e. The van der Waals surface area contributed by atoms with E-state index in [2.05, 4.69) is 92.5 Å². The van der Waals surface area contributed by atoms with Crippen LogP contribution in [0.2, 0.25) is 0 Å². The normalized spacial score (nSPS) is 12.2. The molecule has 0 spiro atoms. The molecule has 3 nitrogen and oxygen atoms in total. The van der Waals surface area contributed by atoms with Gasteiger partial charge < -0.3 is 0 Å². The monoisotopic (exact) mass is 344 g/mol. The topological polar surface area (TPSA) is 21.2 Å². The molecule has 0 aliphatic rings. The van der Waals surface area contributed by atoms with Crippen LogP contribution in [0.15, 0.2) is 54.9 Å². The number of rotatable bonds is 2. The van der Waals surface area contributed by atoms with Crippen molar-refractivity contribution in [3.8, 4) is 11.3 Å². The van der Waals surface area contributed by atoms with Crippen LogP contribution in [-0.4, -0.2) is 9.38 Å². The maximum absolute atomic E-state index is 4.76. The molecule has 26 heavy (non-hydrogen) atoms. The molecule has 0 saturated heterocycles. The molecule has 4 rings (SSSR count). The van der Waals surface area contributed by atoms with Gasteiger partial charge >= 0.3 is 0 Å². The molecule has 0 radical (unpaired) electrons. The summed E-state index contributed by atoms with van der Waals surface area (Å²) in [4.78, 5) is 4.76. The Morgan fingerprint density at radius 3 is 2.65 bits per heavy atom. The Kier molecular flexibility index (Phi) is 3.83. The van der Waals surface area contributed by atoms with Gasteiger partial charge in [0.15, 0.2) is 6.20 Å². The fourth-order valence-electron chi connectivity index (χ4n) is 3.70. The van der Waals surface area contributed by atoms with Gasteiger partial charge in [-0.05, 0) is 54.2 Å². The first kappa shape index (κ1) is 16.8. The number of hydrogen-bond donors (Lipinski definition) is 0. The van der Waals surface area contributed by atoms with Crippen LogP contribution in [-0.2, 0) is 13.5 Å². The lowest BCUT2D eigenvalue weighted by atomic mass is 9.88. The lowest BCUT2D eigenvalue weighted by Crippen LogP contribution is -2.31. The minimum atomic E-state index is 0.276. The van der Waals surface area contributed by atoms with Gasteiger partial charge in [-0.3, -0.25) is 4.40 Å². The number of benzene rings is 1. The molecule has 3 aromatic heterocycles. The van der Waals surface area contributed by atoms with Gasteiger partial charge in [-0.1, -0.05) is 26.8 Å². The summed E-state index contributed by atoms with van der Waals surface area (Å²) >= 11 is 0. The molecule has 0 saturated carbocycles. The number of nitrogens with zero attached hydrogens (tertiary/aromatic N) is 3. The molecule has 0 bridgehead atoms. The summed E-state index contributed by atoms with van der Waals surface area (Å²) in [7, 11) is 2.12. The van der Waals surface area contributed by atoms with Gasteiger partial charge in [0, 0.05) is 18.3 Å². The molecule has 0 aliphatic heterocycles. The van der Waals surface area contributed by atoms with Crippen molar-refractivity contribution < 1.29 is 4.57 Å². The van der Waals surface area contributed by atoms with E-state index in [9.17, 15) is 0 Å². The minimum absolute atomic E-state index is 0.276. The van der Waals surface area contributed by atoms with E-state index in [-0.39, 0.29) is 5.41 Å². The summed E-state index contributed by atoms with van der Waals surface area (Å²) in [5.41, 5.74) is 8.61. The predicted octanol–water partition coefficient (Wildman–Crippen LogP) is 4.88. The SMILES string of the molecule is Cc1cc2nc3ccccn3c2cc1-c1cc(CC(C)(C)C)cc[n+]1C. The van der Waals surface area contributed by atoms with E-state index in [4.69, 9.17) is 4.98 Å². The third-order valence-electron chi connectivity index (χ3n) is 4.88. The van der Waals surface area contributed by atoms with E-state index < -0.39 is 0 Å². The number of fused-ring (bicyclic) bond motifs is 3. The standard InChI is InChI=1S/C23H26N3/c1-16-12-19-21(26-10-7-6-8-22(26)24-19)14-18(16)20-13-17(9-11-25(20)5)15-23(2,3)4/h6-14H,15H2,1-5H3/q+1. The average Bonchev–Trinajstić information content (AvgIpc) is 2.92. The van der Waals surface area contributed by atoms with E-state index in [0.29, 0.717) is 0 Å². The maximum atomic E-state index is 4.76. The van der Waals surface area contributed by atoms with Crippen molar-refractivity contribution in [3.63, 3.8) is 0 Å². The van der Waals surface area contributed by atoms with E-state index >= 15 is 0 Å². The highest BCUT2D eigenvalue weighted by molar-refractivity contribution is 5.86. The molecule has 4 aromatic rings. The summed E-state index contributed by atoms with van der Waals surface area (Å²) in [6.07, 6.45) is 5.33. The lowest BCUT2D eigenvalue weighted by Gasteiger charge is -2.18. The summed E-state index contributed by atoms with van der Waals surface area (Å²) in [5.74, 6) is 0. The van der Waals surface area contributed by atoms with E-state index in [0.717, 1.165) is 23.1 Å². The van der Waals surface area contributed by atoms with Gasteiger partial charge in [-0.25, -0.2) is 9.55 Å². The van der Waals surface area contributed by atoms with Gasteiger partial charge in [0.05, 0.1) is 16.6 Å². The van der Waals surface area contributed by atoms with Crippen LogP contribution < -0.4 is 4.57 Å². The lowest BCUT2D eigenvalue weighted by molar-refractivity contribution is -0.660. The third-order valence-corrected chi connectivity index (χ3v) is 4.88. The first-order valence-electron chi connectivity index (χ1n) is 9.18. The van der Waals surface area contributed by atoms with Gasteiger partial charge in [0.25, 0.3) is 0 Å². The van der Waals surface area contributed by atoms with Gasteiger partial charge in [0.1, 0.15) is 12.7 Å². The zero-order chi connectivity index (χ0) is 18.5. The van der Waals surface area contributed by atoms with Crippen LogP contribution in [0.4, 0.5) is 0 Å². The second-order valence-electron chi connectivity index (χ2n) is 8.47. The predicted molar refractivity (Wildman–Crippen MR) is 107 cm³/mol. The Hall–Kier alpha value is -2.68. The molecule has 1 aromatic carbocycles. The average molecular weight is 344 g/mol. The van der Waals surface area contributed by atoms with Crippen LogP contribution in [0.25, 0.3) is 27.9 Å². The van der Waals surface area contributed by atoms with E-state index in [1.165, 1.54) is 22.4 Å².